The van der Waals surface area contributed by atoms with Gasteiger partial charge in [0.2, 0.25) is 0 Å². The summed E-state index contributed by atoms with van der Waals surface area (Å²) in [5, 5.41) is 4.43. The normalized spacial score (nSPS) is 11.1. The number of fused-ring (bicyclic) bond motifs is 1. The fraction of sp³-hybridized carbons (Fsp3) is 0.235. The Balaban J connectivity index is 1.76. The molecule has 0 aliphatic heterocycles. The van der Waals surface area contributed by atoms with Crippen LogP contribution in [0.25, 0.3) is 10.9 Å². The summed E-state index contributed by atoms with van der Waals surface area (Å²) in [6, 6.07) is 16.4. The molecular formula is C17H18N2O. The van der Waals surface area contributed by atoms with Crippen LogP contribution in [0.1, 0.15) is 24.1 Å². The summed E-state index contributed by atoms with van der Waals surface area (Å²) in [6.45, 7) is 3.81. The van der Waals surface area contributed by atoms with Crippen molar-refractivity contribution in [2.75, 3.05) is 6.54 Å². The molecule has 0 saturated carbocycles. The van der Waals surface area contributed by atoms with Crippen molar-refractivity contribution in [1.29, 1.82) is 0 Å². The van der Waals surface area contributed by atoms with Crippen LogP contribution in [-0.2, 0) is 13.0 Å². The average Bonchev–Trinajstić information content (AvgIpc) is 2.92. The number of rotatable bonds is 5. The Morgan fingerprint density at radius 1 is 1.00 bits per heavy atom. The number of hydrogen-bond acceptors (Lipinski definition) is 3. The molecule has 0 spiro atoms. The van der Waals surface area contributed by atoms with Crippen molar-refractivity contribution in [2.45, 2.75) is 19.9 Å². The zero-order valence-corrected chi connectivity index (χ0v) is 11.6. The van der Waals surface area contributed by atoms with E-state index < -0.39 is 0 Å². The first-order chi connectivity index (χ1) is 9.85. The van der Waals surface area contributed by atoms with Crippen LogP contribution in [0.4, 0.5) is 0 Å². The number of furan rings is 1. The summed E-state index contributed by atoms with van der Waals surface area (Å²) in [7, 11) is 0. The minimum atomic E-state index is 0.733. The molecule has 0 amide bonds. The molecule has 0 aliphatic rings. The Morgan fingerprint density at radius 2 is 1.85 bits per heavy atom. The van der Waals surface area contributed by atoms with Gasteiger partial charge in [-0.3, -0.25) is 4.98 Å². The van der Waals surface area contributed by atoms with Crippen LogP contribution in [0.15, 0.2) is 52.9 Å². The molecule has 3 rings (SSSR count). The quantitative estimate of drug-likeness (QED) is 0.767. The van der Waals surface area contributed by atoms with Gasteiger partial charge in [-0.15, -0.1) is 0 Å². The molecule has 0 unspecified atom stereocenters. The first-order valence-electron chi connectivity index (χ1n) is 6.98. The molecule has 1 aromatic carbocycles. The smallest absolute Gasteiger partial charge is 0.117 e. The fourth-order valence-corrected chi connectivity index (χ4v) is 2.25. The van der Waals surface area contributed by atoms with Crippen molar-refractivity contribution in [3.05, 3.63) is 65.7 Å². The van der Waals surface area contributed by atoms with Crippen LogP contribution in [-0.4, -0.2) is 11.5 Å². The van der Waals surface area contributed by atoms with Gasteiger partial charge in [-0.05, 0) is 30.8 Å². The number of nitrogens with one attached hydrogen (secondary N) is 1. The van der Waals surface area contributed by atoms with Gasteiger partial charge >= 0.3 is 0 Å². The van der Waals surface area contributed by atoms with Crippen LogP contribution in [0.2, 0.25) is 0 Å². The molecular weight excluding hydrogens is 248 g/mol. The van der Waals surface area contributed by atoms with E-state index in [1.807, 2.05) is 30.3 Å². The topological polar surface area (TPSA) is 38.1 Å². The lowest BCUT2D eigenvalue weighted by Gasteiger charge is -2.01. The van der Waals surface area contributed by atoms with E-state index in [1.54, 1.807) is 0 Å². The molecule has 3 heteroatoms. The molecule has 20 heavy (non-hydrogen) atoms. The summed E-state index contributed by atoms with van der Waals surface area (Å²) < 4.78 is 5.80. The van der Waals surface area contributed by atoms with E-state index in [4.69, 9.17) is 4.42 Å². The van der Waals surface area contributed by atoms with Gasteiger partial charge in [0.25, 0.3) is 0 Å². The molecule has 1 N–H and O–H groups in total. The van der Waals surface area contributed by atoms with E-state index in [-0.39, 0.29) is 0 Å². The largest absolute Gasteiger partial charge is 0.464 e. The number of pyridine rings is 1. The summed E-state index contributed by atoms with van der Waals surface area (Å²) in [4.78, 5) is 4.67. The molecule has 0 atom stereocenters. The van der Waals surface area contributed by atoms with Crippen molar-refractivity contribution < 1.29 is 4.42 Å². The number of benzene rings is 1. The lowest BCUT2D eigenvalue weighted by atomic mass is 10.1. The molecule has 102 valence electrons. The first kappa shape index (κ1) is 12.9. The highest BCUT2D eigenvalue weighted by Gasteiger charge is 2.05. The van der Waals surface area contributed by atoms with Gasteiger partial charge in [-0.25, -0.2) is 0 Å². The second-order valence-electron chi connectivity index (χ2n) is 4.82. The Labute approximate surface area is 118 Å². The first-order valence-corrected chi connectivity index (χ1v) is 6.98. The Kier molecular flexibility index (Phi) is 3.79. The van der Waals surface area contributed by atoms with E-state index in [9.17, 15) is 0 Å². The van der Waals surface area contributed by atoms with Gasteiger partial charge in [0, 0.05) is 17.5 Å². The monoisotopic (exact) mass is 266 g/mol. The Morgan fingerprint density at radius 3 is 2.75 bits per heavy atom. The van der Waals surface area contributed by atoms with Crippen LogP contribution in [0.3, 0.4) is 0 Å². The second kappa shape index (κ2) is 5.88. The third-order valence-corrected chi connectivity index (χ3v) is 3.28. The van der Waals surface area contributed by atoms with Gasteiger partial charge in [0.05, 0.1) is 12.1 Å². The zero-order chi connectivity index (χ0) is 13.8. The second-order valence-corrected chi connectivity index (χ2v) is 4.82. The number of hydrogen-bond donors (Lipinski definition) is 1. The van der Waals surface area contributed by atoms with E-state index in [1.165, 1.54) is 5.39 Å². The van der Waals surface area contributed by atoms with E-state index >= 15 is 0 Å². The third-order valence-electron chi connectivity index (χ3n) is 3.28. The maximum Gasteiger partial charge on any atom is 0.117 e. The Bertz CT molecular complexity index is 703. The molecule has 0 bridgehead atoms. The summed E-state index contributed by atoms with van der Waals surface area (Å²) in [5.74, 6) is 1.93. The number of aromatic nitrogens is 1. The van der Waals surface area contributed by atoms with Crippen molar-refractivity contribution in [2.24, 2.45) is 0 Å². The lowest BCUT2D eigenvalue weighted by Crippen LogP contribution is -2.10. The van der Waals surface area contributed by atoms with Crippen molar-refractivity contribution in [3.63, 3.8) is 0 Å². The van der Waals surface area contributed by atoms with Gasteiger partial charge in [-0.1, -0.05) is 31.2 Å². The van der Waals surface area contributed by atoms with Crippen LogP contribution in [0.5, 0.6) is 0 Å². The number of para-hydroxylation sites is 1. The highest BCUT2D eigenvalue weighted by Crippen LogP contribution is 2.16. The molecule has 3 aromatic rings. The molecule has 2 heterocycles. The number of nitrogens with zero attached hydrogens (tertiary/aromatic N) is 1. The van der Waals surface area contributed by atoms with Crippen LogP contribution < -0.4 is 5.32 Å². The molecule has 0 saturated heterocycles. The van der Waals surface area contributed by atoms with Crippen molar-refractivity contribution in [1.82, 2.24) is 10.3 Å². The minimum absolute atomic E-state index is 0.733. The predicted molar refractivity (Wildman–Crippen MR) is 80.6 cm³/mol. The maximum atomic E-state index is 5.80. The molecule has 0 radical (unpaired) electrons. The third kappa shape index (κ3) is 2.89. The maximum absolute atomic E-state index is 5.80. The van der Waals surface area contributed by atoms with Gasteiger partial charge < -0.3 is 9.73 Å². The SMILES string of the molecule is CCNCc1ccc(Cc2ccc3ccccc3n2)o1. The molecule has 2 aromatic heterocycles. The standard InChI is InChI=1S/C17H18N2O/c1-2-18-12-16-10-9-15(20-16)11-14-8-7-13-5-3-4-6-17(13)19-14/h3-10,18H,2,11-12H2,1H3. The molecule has 0 aliphatic carbocycles. The lowest BCUT2D eigenvalue weighted by molar-refractivity contribution is 0.456. The average molecular weight is 266 g/mol. The van der Waals surface area contributed by atoms with E-state index in [0.717, 1.165) is 42.2 Å². The van der Waals surface area contributed by atoms with Crippen LogP contribution in [0, 0.1) is 0 Å². The van der Waals surface area contributed by atoms with E-state index in [2.05, 4.69) is 35.4 Å². The van der Waals surface area contributed by atoms with Gasteiger partial charge in [0.15, 0.2) is 0 Å². The van der Waals surface area contributed by atoms with Crippen molar-refractivity contribution in [3.8, 4) is 0 Å². The highest BCUT2D eigenvalue weighted by molar-refractivity contribution is 5.78. The summed E-state index contributed by atoms with van der Waals surface area (Å²) in [5.41, 5.74) is 2.07. The predicted octanol–water partition coefficient (Wildman–Crippen LogP) is 3.53. The Hall–Kier alpha value is -2.13. The molecule has 3 nitrogen and oxygen atoms in total. The minimum Gasteiger partial charge on any atom is -0.464 e. The fourth-order valence-electron chi connectivity index (χ4n) is 2.25. The van der Waals surface area contributed by atoms with E-state index in [0.29, 0.717) is 0 Å². The van der Waals surface area contributed by atoms with Gasteiger partial charge in [-0.2, -0.15) is 0 Å². The summed E-state index contributed by atoms with van der Waals surface area (Å²) in [6.07, 6.45) is 0.733. The highest BCUT2D eigenvalue weighted by atomic mass is 16.3. The zero-order valence-electron chi connectivity index (χ0n) is 11.6. The van der Waals surface area contributed by atoms with Gasteiger partial charge in [0.1, 0.15) is 11.5 Å². The summed E-state index contributed by atoms with van der Waals surface area (Å²) >= 11 is 0. The molecule has 0 fully saturated rings. The van der Waals surface area contributed by atoms with Crippen molar-refractivity contribution >= 4 is 10.9 Å². The van der Waals surface area contributed by atoms with Crippen LogP contribution >= 0.6 is 0 Å².